The van der Waals surface area contributed by atoms with Crippen LogP contribution in [0, 0.1) is 13.8 Å². The van der Waals surface area contributed by atoms with E-state index in [0.717, 1.165) is 0 Å². The van der Waals surface area contributed by atoms with Gasteiger partial charge in [-0.15, -0.1) is 0 Å². The number of hydrogen-bond acceptors (Lipinski definition) is 5. The van der Waals surface area contributed by atoms with Gasteiger partial charge in [0.2, 0.25) is 0 Å². The number of nitrogens with zero attached hydrogens (tertiary/aromatic N) is 1. The predicted molar refractivity (Wildman–Crippen MR) is 79.8 cm³/mol. The Morgan fingerprint density at radius 3 is 2.23 bits per heavy atom. The molecule has 0 atom stereocenters. The Bertz CT molecular complexity index is 589. The number of esters is 2. The van der Waals surface area contributed by atoms with Gasteiger partial charge < -0.3 is 19.4 Å². The number of carbonyl (C=O) groups is 3. The lowest BCUT2D eigenvalue weighted by atomic mass is 10.1. The minimum absolute atomic E-state index is 0.213. The lowest BCUT2D eigenvalue weighted by Gasteiger charge is -2.06. The van der Waals surface area contributed by atoms with Gasteiger partial charge in [0.1, 0.15) is 12.2 Å². The molecule has 0 bridgehead atoms. The van der Waals surface area contributed by atoms with Crippen molar-refractivity contribution in [3.63, 3.8) is 0 Å². The summed E-state index contributed by atoms with van der Waals surface area (Å²) < 4.78 is 11.4. The van der Waals surface area contributed by atoms with Crippen molar-refractivity contribution >= 4 is 17.8 Å². The number of rotatable bonds is 6. The lowest BCUT2D eigenvalue weighted by Crippen LogP contribution is -2.31. The van der Waals surface area contributed by atoms with Gasteiger partial charge >= 0.3 is 11.9 Å². The predicted octanol–water partition coefficient (Wildman–Crippen LogP) is 1.11. The molecular weight excluding hydrogens is 288 g/mol. The van der Waals surface area contributed by atoms with Crippen LogP contribution in [0.1, 0.15) is 46.0 Å². The Balaban J connectivity index is 3.00. The number of hydrogen-bond donors (Lipinski definition) is 1. The largest absolute Gasteiger partial charge is 0.465 e. The molecule has 0 saturated carbocycles. The standard InChI is InChI=1S/C15H22N2O5/c1-6-21-11(18)8-16-14(19)12-9(3)13(15(20)22-7-2)17(5)10(12)4/h6-8H2,1-5H3,(H,16,19). The highest BCUT2D eigenvalue weighted by Gasteiger charge is 2.25. The van der Waals surface area contributed by atoms with Crippen LogP contribution in [0.2, 0.25) is 0 Å². The molecule has 0 aliphatic heterocycles. The third-order valence-corrected chi connectivity index (χ3v) is 3.32. The monoisotopic (exact) mass is 310 g/mol. The van der Waals surface area contributed by atoms with Gasteiger partial charge in [-0.05, 0) is 33.3 Å². The van der Waals surface area contributed by atoms with Gasteiger partial charge in [0.15, 0.2) is 0 Å². The molecule has 0 spiro atoms. The number of carbonyl (C=O) groups excluding carboxylic acids is 3. The van der Waals surface area contributed by atoms with Gasteiger partial charge in [-0.3, -0.25) is 9.59 Å². The first kappa shape index (κ1) is 17.7. The van der Waals surface area contributed by atoms with Gasteiger partial charge in [-0.25, -0.2) is 4.79 Å². The molecule has 1 aromatic heterocycles. The second-order valence-electron chi connectivity index (χ2n) is 4.70. The molecule has 7 nitrogen and oxygen atoms in total. The molecule has 1 N–H and O–H groups in total. The molecule has 1 aromatic rings. The SMILES string of the molecule is CCOC(=O)CNC(=O)c1c(C)c(C(=O)OCC)n(C)c1C. The van der Waals surface area contributed by atoms with Gasteiger partial charge in [0, 0.05) is 12.7 Å². The molecule has 1 rings (SSSR count). The van der Waals surface area contributed by atoms with E-state index in [1.165, 1.54) is 0 Å². The highest BCUT2D eigenvalue weighted by atomic mass is 16.5. The maximum Gasteiger partial charge on any atom is 0.355 e. The molecule has 122 valence electrons. The quantitative estimate of drug-likeness (QED) is 0.795. The molecule has 0 aliphatic carbocycles. The summed E-state index contributed by atoms with van der Waals surface area (Å²) in [4.78, 5) is 35.5. The van der Waals surface area contributed by atoms with Crippen LogP contribution in [-0.2, 0) is 21.3 Å². The number of amides is 1. The first-order valence-corrected chi connectivity index (χ1v) is 7.11. The fourth-order valence-electron chi connectivity index (χ4n) is 2.25. The summed E-state index contributed by atoms with van der Waals surface area (Å²) in [6, 6.07) is 0. The van der Waals surface area contributed by atoms with E-state index in [4.69, 9.17) is 9.47 Å². The molecular formula is C15H22N2O5. The van der Waals surface area contributed by atoms with Crippen LogP contribution >= 0.6 is 0 Å². The fraction of sp³-hybridized carbons (Fsp3) is 0.533. The third-order valence-electron chi connectivity index (χ3n) is 3.32. The normalized spacial score (nSPS) is 10.2. The highest BCUT2D eigenvalue weighted by molar-refractivity contribution is 6.02. The average Bonchev–Trinajstić information content (AvgIpc) is 2.67. The minimum atomic E-state index is -0.507. The van der Waals surface area contributed by atoms with Crippen molar-refractivity contribution in [2.75, 3.05) is 19.8 Å². The van der Waals surface area contributed by atoms with E-state index in [1.54, 1.807) is 39.3 Å². The van der Waals surface area contributed by atoms with E-state index in [9.17, 15) is 14.4 Å². The molecule has 0 aromatic carbocycles. The summed E-state index contributed by atoms with van der Waals surface area (Å²) in [6.07, 6.45) is 0. The Kier molecular flexibility index (Phi) is 6.15. The summed E-state index contributed by atoms with van der Waals surface area (Å²) in [5, 5.41) is 2.50. The average molecular weight is 310 g/mol. The summed E-state index contributed by atoms with van der Waals surface area (Å²) in [6.45, 7) is 7.12. The summed E-state index contributed by atoms with van der Waals surface area (Å²) in [5.74, 6) is -1.41. The van der Waals surface area contributed by atoms with E-state index in [-0.39, 0.29) is 19.8 Å². The Morgan fingerprint density at radius 2 is 1.68 bits per heavy atom. The molecule has 0 saturated heterocycles. The molecule has 0 aliphatic rings. The summed E-state index contributed by atoms with van der Waals surface area (Å²) >= 11 is 0. The number of ether oxygens (including phenoxy) is 2. The van der Waals surface area contributed by atoms with Gasteiger partial charge in [-0.2, -0.15) is 0 Å². The molecule has 0 unspecified atom stereocenters. The smallest absolute Gasteiger partial charge is 0.355 e. The molecule has 7 heteroatoms. The maximum atomic E-state index is 12.3. The van der Waals surface area contributed by atoms with Crippen molar-refractivity contribution < 1.29 is 23.9 Å². The number of aromatic nitrogens is 1. The van der Waals surface area contributed by atoms with Crippen LogP contribution in [0.5, 0.6) is 0 Å². The van der Waals surface area contributed by atoms with Crippen molar-refractivity contribution in [2.45, 2.75) is 27.7 Å². The second kappa shape index (κ2) is 7.63. The van der Waals surface area contributed by atoms with Crippen LogP contribution < -0.4 is 5.32 Å². The zero-order chi connectivity index (χ0) is 16.9. The van der Waals surface area contributed by atoms with Gasteiger partial charge in [-0.1, -0.05) is 0 Å². The van der Waals surface area contributed by atoms with Gasteiger partial charge in [0.05, 0.1) is 18.8 Å². The first-order valence-electron chi connectivity index (χ1n) is 7.11. The molecule has 1 amide bonds. The van der Waals surface area contributed by atoms with Crippen LogP contribution in [0.3, 0.4) is 0 Å². The van der Waals surface area contributed by atoms with Crippen LogP contribution in [0.4, 0.5) is 0 Å². The second-order valence-corrected chi connectivity index (χ2v) is 4.70. The van der Waals surface area contributed by atoms with Crippen LogP contribution in [0.25, 0.3) is 0 Å². The van der Waals surface area contributed by atoms with Crippen LogP contribution in [-0.4, -0.2) is 42.2 Å². The zero-order valence-corrected chi connectivity index (χ0v) is 13.6. The van der Waals surface area contributed by atoms with Gasteiger partial charge in [0.25, 0.3) is 5.91 Å². The van der Waals surface area contributed by atoms with Crippen molar-refractivity contribution in [1.29, 1.82) is 0 Å². The maximum absolute atomic E-state index is 12.3. The highest BCUT2D eigenvalue weighted by Crippen LogP contribution is 2.21. The summed E-state index contributed by atoms with van der Waals surface area (Å²) in [7, 11) is 1.69. The molecule has 0 radical (unpaired) electrons. The van der Waals surface area contributed by atoms with Crippen LogP contribution in [0.15, 0.2) is 0 Å². The third kappa shape index (κ3) is 3.66. The number of nitrogens with one attached hydrogen (secondary N) is 1. The Hall–Kier alpha value is -2.31. The van der Waals surface area contributed by atoms with E-state index < -0.39 is 17.8 Å². The van der Waals surface area contributed by atoms with Crippen molar-refractivity contribution in [3.05, 3.63) is 22.5 Å². The Morgan fingerprint density at radius 1 is 1.09 bits per heavy atom. The molecule has 1 heterocycles. The fourth-order valence-corrected chi connectivity index (χ4v) is 2.25. The van der Waals surface area contributed by atoms with Crippen molar-refractivity contribution in [2.24, 2.45) is 7.05 Å². The summed E-state index contributed by atoms with van der Waals surface area (Å²) in [5.41, 5.74) is 1.86. The Labute approximate surface area is 129 Å². The van der Waals surface area contributed by atoms with E-state index >= 15 is 0 Å². The van der Waals surface area contributed by atoms with E-state index in [0.29, 0.717) is 22.5 Å². The first-order chi connectivity index (χ1) is 10.3. The van der Waals surface area contributed by atoms with Crippen molar-refractivity contribution in [1.82, 2.24) is 9.88 Å². The molecule has 0 fully saturated rings. The zero-order valence-electron chi connectivity index (χ0n) is 13.6. The van der Waals surface area contributed by atoms with E-state index in [1.807, 2.05) is 0 Å². The lowest BCUT2D eigenvalue weighted by molar-refractivity contribution is -0.141. The minimum Gasteiger partial charge on any atom is -0.465 e. The molecule has 22 heavy (non-hydrogen) atoms. The topological polar surface area (TPSA) is 86.6 Å². The van der Waals surface area contributed by atoms with E-state index in [2.05, 4.69) is 5.32 Å². The van der Waals surface area contributed by atoms with Crippen molar-refractivity contribution in [3.8, 4) is 0 Å².